The second kappa shape index (κ2) is 8.08. The van der Waals surface area contributed by atoms with Crippen LogP contribution in [0.2, 0.25) is 0 Å². The fourth-order valence-corrected chi connectivity index (χ4v) is 3.11. The Labute approximate surface area is 150 Å². The van der Waals surface area contributed by atoms with Crippen molar-refractivity contribution in [2.24, 2.45) is 5.92 Å². The summed E-state index contributed by atoms with van der Waals surface area (Å²) in [7, 11) is 0. The van der Waals surface area contributed by atoms with Gasteiger partial charge in [-0.1, -0.05) is 30.3 Å². The van der Waals surface area contributed by atoms with Crippen molar-refractivity contribution in [3.05, 3.63) is 71.3 Å². The zero-order chi connectivity index (χ0) is 18.5. The average Bonchev–Trinajstić information content (AvgIpc) is 2.66. The minimum atomic E-state index is -0.863. The van der Waals surface area contributed by atoms with Crippen LogP contribution in [0.15, 0.2) is 48.5 Å². The molecule has 0 aromatic heterocycles. The predicted octanol–water partition coefficient (Wildman–Crippen LogP) is 3.13. The van der Waals surface area contributed by atoms with Gasteiger partial charge in [-0.25, -0.2) is 8.78 Å². The van der Waals surface area contributed by atoms with Crippen molar-refractivity contribution in [3.63, 3.8) is 0 Å². The van der Waals surface area contributed by atoms with E-state index in [0.29, 0.717) is 38.5 Å². The third-order valence-electron chi connectivity index (χ3n) is 4.62. The van der Waals surface area contributed by atoms with E-state index in [4.69, 9.17) is 0 Å². The summed E-state index contributed by atoms with van der Waals surface area (Å²) in [4.78, 5) is 26.2. The minimum Gasteiger partial charge on any atom is -0.352 e. The third-order valence-corrected chi connectivity index (χ3v) is 4.62. The molecule has 4 nitrogen and oxygen atoms in total. The maximum atomic E-state index is 13.8. The summed E-state index contributed by atoms with van der Waals surface area (Å²) in [5.41, 5.74) is 0.888. The Morgan fingerprint density at radius 3 is 2.38 bits per heavy atom. The molecule has 1 aliphatic heterocycles. The van der Waals surface area contributed by atoms with Crippen LogP contribution >= 0.6 is 0 Å². The van der Waals surface area contributed by atoms with Crippen LogP contribution in [0.5, 0.6) is 0 Å². The number of amides is 2. The SMILES string of the molecule is O=C(NCc1ccccc1)C1CCN(C(=O)c2ccc(F)cc2F)CC1. The Hall–Kier alpha value is -2.76. The van der Waals surface area contributed by atoms with E-state index in [1.807, 2.05) is 30.3 Å². The summed E-state index contributed by atoms with van der Waals surface area (Å²) in [5, 5.41) is 2.92. The van der Waals surface area contributed by atoms with Crippen LogP contribution in [0.4, 0.5) is 8.78 Å². The smallest absolute Gasteiger partial charge is 0.256 e. The zero-order valence-electron chi connectivity index (χ0n) is 14.3. The molecule has 0 aliphatic carbocycles. The molecule has 0 saturated carbocycles. The van der Waals surface area contributed by atoms with Crippen LogP contribution in [0, 0.1) is 17.6 Å². The van der Waals surface area contributed by atoms with E-state index in [2.05, 4.69) is 5.32 Å². The van der Waals surface area contributed by atoms with Gasteiger partial charge in [-0.05, 0) is 30.5 Å². The number of likely N-dealkylation sites (tertiary alicyclic amines) is 1. The third kappa shape index (κ3) is 4.25. The van der Waals surface area contributed by atoms with Crippen LogP contribution in [0.25, 0.3) is 0 Å². The molecule has 1 aliphatic rings. The van der Waals surface area contributed by atoms with Crippen LogP contribution in [-0.2, 0) is 11.3 Å². The van der Waals surface area contributed by atoms with Gasteiger partial charge in [-0.15, -0.1) is 0 Å². The van der Waals surface area contributed by atoms with Gasteiger partial charge in [0.05, 0.1) is 5.56 Å². The topological polar surface area (TPSA) is 49.4 Å². The predicted molar refractivity (Wildman–Crippen MR) is 93.3 cm³/mol. The number of nitrogens with zero attached hydrogens (tertiary/aromatic N) is 1. The molecule has 1 heterocycles. The molecule has 0 spiro atoms. The van der Waals surface area contributed by atoms with Crippen molar-refractivity contribution in [2.75, 3.05) is 13.1 Å². The molecule has 136 valence electrons. The highest BCUT2D eigenvalue weighted by atomic mass is 19.1. The van der Waals surface area contributed by atoms with E-state index in [0.717, 1.165) is 17.7 Å². The van der Waals surface area contributed by atoms with Crippen molar-refractivity contribution in [3.8, 4) is 0 Å². The number of halogens is 2. The largest absolute Gasteiger partial charge is 0.352 e. The van der Waals surface area contributed by atoms with Crippen LogP contribution in [-0.4, -0.2) is 29.8 Å². The molecule has 1 N–H and O–H groups in total. The van der Waals surface area contributed by atoms with E-state index in [1.54, 1.807) is 0 Å². The lowest BCUT2D eigenvalue weighted by atomic mass is 9.95. The van der Waals surface area contributed by atoms with Gasteiger partial charge in [0.25, 0.3) is 5.91 Å². The maximum Gasteiger partial charge on any atom is 0.256 e. The zero-order valence-corrected chi connectivity index (χ0v) is 14.3. The Morgan fingerprint density at radius 1 is 1.04 bits per heavy atom. The summed E-state index contributed by atoms with van der Waals surface area (Å²) in [6, 6.07) is 12.6. The van der Waals surface area contributed by atoms with Crippen molar-refractivity contribution in [2.45, 2.75) is 19.4 Å². The Bertz CT molecular complexity index is 788. The fraction of sp³-hybridized carbons (Fsp3) is 0.300. The summed E-state index contributed by atoms with van der Waals surface area (Å²) in [6.45, 7) is 1.22. The molecule has 0 radical (unpaired) electrons. The molecular formula is C20H20F2N2O2. The van der Waals surface area contributed by atoms with Crippen molar-refractivity contribution in [1.29, 1.82) is 0 Å². The number of piperidine rings is 1. The van der Waals surface area contributed by atoms with E-state index < -0.39 is 17.5 Å². The van der Waals surface area contributed by atoms with Gasteiger partial charge in [-0.3, -0.25) is 9.59 Å². The Kier molecular flexibility index (Phi) is 5.61. The number of nitrogens with one attached hydrogen (secondary N) is 1. The van der Waals surface area contributed by atoms with Gasteiger partial charge in [0.15, 0.2) is 0 Å². The molecule has 0 unspecified atom stereocenters. The van der Waals surface area contributed by atoms with Gasteiger partial charge in [0.2, 0.25) is 5.91 Å². The van der Waals surface area contributed by atoms with E-state index in [1.165, 1.54) is 4.90 Å². The molecule has 1 saturated heterocycles. The lowest BCUT2D eigenvalue weighted by Gasteiger charge is -2.31. The molecule has 0 bridgehead atoms. The highest BCUT2D eigenvalue weighted by molar-refractivity contribution is 5.94. The first-order valence-electron chi connectivity index (χ1n) is 8.60. The highest BCUT2D eigenvalue weighted by Gasteiger charge is 2.28. The van der Waals surface area contributed by atoms with Crippen LogP contribution in [0.1, 0.15) is 28.8 Å². The number of benzene rings is 2. The number of carbonyl (C=O) groups is 2. The summed E-state index contributed by atoms with van der Waals surface area (Å²) >= 11 is 0. The number of carbonyl (C=O) groups excluding carboxylic acids is 2. The second-order valence-electron chi connectivity index (χ2n) is 6.39. The lowest BCUT2D eigenvalue weighted by Crippen LogP contribution is -2.43. The summed E-state index contributed by atoms with van der Waals surface area (Å²) in [5.74, 6) is -2.24. The summed E-state index contributed by atoms with van der Waals surface area (Å²) < 4.78 is 26.7. The molecule has 3 rings (SSSR count). The first-order chi connectivity index (χ1) is 12.5. The molecule has 1 fully saturated rings. The van der Waals surface area contributed by atoms with E-state index >= 15 is 0 Å². The highest BCUT2D eigenvalue weighted by Crippen LogP contribution is 2.21. The number of hydrogen-bond acceptors (Lipinski definition) is 2. The van der Waals surface area contributed by atoms with Gasteiger partial charge in [0.1, 0.15) is 11.6 Å². The molecule has 2 aromatic carbocycles. The van der Waals surface area contributed by atoms with Crippen LogP contribution < -0.4 is 5.32 Å². The minimum absolute atomic E-state index is 0.0334. The molecule has 2 aromatic rings. The standard InChI is InChI=1S/C20H20F2N2O2/c21-16-6-7-17(18(22)12-16)20(26)24-10-8-15(9-11-24)19(25)23-13-14-4-2-1-3-5-14/h1-7,12,15H,8-11,13H2,(H,23,25). The molecule has 6 heteroatoms. The van der Waals surface area contributed by atoms with Crippen molar-refractivity contribution >= 4 is 11.8 Å². The molecule has 26 heavy (non-hydrogen) atoms. The number of rotatable bonds is 4. The Morgan fingerprint density at radius 2 is 1.73 bits per heavy atom. The van der Waals surface area contributed by atoms with E-state index in [9.17, 15) is 18.4 Å². The number of hydrogen-bond donors (Lipinski definition) is 1. The maximum absolute atomic E-state index is 13.8. The first kappa shape index (κ1) is 18.0. The fourth-order valence-electron chi connectivity index (χ4n) is 3.11. The van der Waals surface area contributed by atoms with Gasteiger partial charge < -0.3 is 10.2 Å². The average molecular weight is 358 g/mol. The molecule has 2 amide bonds. The van der Waals surface area contributed by atoms with Crippen LogP contribution in [0.3, 0.4) is 0 Å². The van der Waals surface area contributed by atoms with Crippen molar-refractivity contribution in [1.82, 2.24) is 10.2 Å². The second-order valence-corrected chi connectivity index (χ2v) is 6.39. The van der Waals surface area contributed by atoms with Gasteiger partial charge in [0, 0.05) is 31.6 Å². The van der Waals surface area contributed by atoms with Gasteiger partial charge >= 0.3 is 0 Å². The first-order valence-corrected chi connectivity index (χ1v) is 8.60. The molecule has 0 atom stereocenters. The Balaban J connectivity index is 1.52. The van der Waals surface area contributed by atoms with Gasteiger partial charge in [-0.2, -0.15) is 0 Å². The van der Waals surface area contributed by atoms with E-state index in [-0.39, 0.29) is 17.4 Å². The summed E-state index contributed by atoms with van der Waals surface area (Å²) in [6.07, 6.45) is 1.05. The lowest BCUT2D eigenvalue weighted by molar-refractivity contribution is -0.126. The molecular weight excluding hydrogens is 338 g/mol. The monoisotopic (exact) mass is 358 g/mol. The van der Waals surface area contributed by atoms with Crippen molar-refractivity contribution < 1.29 is 18.4 Å². The normalized spacial score (nSPS) is 14.9. The quantitative estimate of drug-likeness (QED) is 0.913.